The highest BCUT2D eigenvalue weighted by Crippen LogP contribution is 2.21. The van der Waals surface area contributed by atoms with Gasteiger partial charge in [0, 0.05) is 23.9 Å². The predicted octanol–water partition coefficient (Wildman–Crippen LogP) is 4.69. The lowest BCUT2D eigenvalue weighted by Crippen LogP contribution is -2.53. The molecule has 0 radical (unpaired) electrons. The summed E-state index contributed by atoms with van der Waals surface area (Å²) in [5.74, 6) is 0.698. The van der Waals surface area contributed by atoms with Crippen LogP contribution in [-0.4, -0.2) is 28.9 Å². The molecule has 0 saturated heterocycles. The van der Waals surface area contributed by atoms with Crippen molar-refractivity contribution in [2.24, 2.45) is 0 Å². The van der Waals surface area contributed by atoms with Gasteiger partial charge in [0.1, 0.15) is 23.1 Å². The molecule has 1 aliphatic rings. The van der Waals surface area contributed by atoms with Crippen LogP contribution in [0.5, 0.6) is 5.75 Å². The van der Waals surface area contributed by atoms with Gasteiger partial charge in [-0.3, -0.25) is 9.59 Å². The van der Waals surface area contributed by atoms with Gasteiger partial charge in [0.05, 0.1) is 0 Å². The number of ether oxygens (including phenoxy) is 1. The van der Waals surface area contributed by atoms with Gasteiger partial charge in [-0.1, -0.05) is 32.3 Å². The Bertz CT molecular complexity index is 876. The summed E-state index contributed by atoms with van der Waals surface area (Å²) in [7, 11) is 0. The van der Waals surface area contributed by atoms with Crippen LogP contribution in [0, 0.1) is 13.8 Å². The Labute approximate surface area is 188 Å². The van der Waals surface area contributed by atoms with E-state index in [-0.39, 0.29) is 23.9 Å². The molecule has 1 aromatic carbocycles. The Balaban J connectivity index is 1.54. The molecule has 0 unspecified atom stereocenters. The summed E-state index contributed by atoms with van der Waals surface area (Å²) in [4.78, 5) is 29.4. The van der Waals surface area contributed by atoms with E-state index in [1.165, 1.54) is 11.3 Å². The molecule has 2 aromatic rings. The van der Waals surface area contributed by atoms with Crippen molar-refractivity contribution >= 4 is 23.2 Å². The molecule has 31 heavy (non-hydrogen) atoms. The van der Waals surface area contributed by atoms with Crippen LogP contribution in [0.15, 0.2) is 23.6 Å². The van der Waals surface area contributed by atoms with Crippen LogP contribution in [0.25, 0.3) is 0 Å². The fourth-order valence-electron chi connectivity index (χ4n) is 3.98. The molecule has 2 atom stereocenters. The number of amides is 2. The fourth-order valence-corrected chi connectivity index (χ4v) is 4.66. The van der Waals surface area contributed by atoms with Crippen LogP contribution in [-0.2, 0) is 11.4 Å². The Kier molecular flexibility index (Phi) is 8.46. The van der Waals surface area contributed by atoms with Crippen molar-refractivity contribution in [3.8, 4) is 5.75 Å². The van der Waals surface area contributed by atoms with Crippen molar-refractivity contribution in [2.45, 2.75) is 84.4 Å². The smallest absolute Gasteiger partial charge is 0.271 e. The minimum Gasteiger partial charge on any atom is -0.486 e. The number of aryl methyl sites for hydroxylation is 2. The Morgan fingerprint density at radius 2 is 1.77 bits per heavy atom. The first kappa shape index (κ1) is 23.3. The monoisotopic (exact) mass is 443 g/mol. The maximum absolute atomic E-state index is 12.8. The topological polar surface area (TPSA) is 80.3 Å². The summed E-state index contributed by atoms with van der Waals surface area (Å²) < 4.78 is 5.86. The van der Waals surface area contributed by atoms with Crippen molar-refractivity contribution in [2.75, 3.05) is 0 Å². The average Bonchev–Trinajstić information content (AvgIpc) is 3.21. The van der Waals surface area contributed by atoms with Crippen molar-refractivity contribution in [3.63, 3.8) is 0 Å². The summed E-state index contributed by atoms with van der Waals surface area (Å²) in [6.45, 7) is 6.49. The van der Waals surface area contributed by atoms with Gasteiger partial charge in [-0.15, -0.1) is 11.3 Å². The van der Waals surface area contributed by atoms with Gasteiger partial charge in [0.15, 0.2) is 0 Å². The van der Waals surface area contributed by atoms with Crippen LogP contribution < -0.4 is 15.4 Å². The number of carbonyl (C=O) groups is 2. The molecule has 1 heterocycles. The van der Waals surface area contributed by atoms with Crippen molar-refractivity contribution < 1.29 is 14.3 Å². The quantitative estimate of drug-likeness (QED) is 0.589. The summed E-state index contributed by atoms with van der Waals surface area (Å²) in [5, 5.41) is 8.75. The van der Waals surface area contributed by atoms with E-state index in [1.54, 1.807) is 5.38 Å². The molecule has 1 aliphatic carbocycles. The van der Waals surface area contributed by atoms with E-state index < -0.39 is 0 Å². The SMILES string of the molecule is CCCCC(=O)N[C@H]1CCCC[C@H]1NC(=O)c1csc(COc2cc(C)cc(C)c2)n1. The molecule has 6 nitrogen and oxygen atoms in total. The zero-order chi connectivity index (χ0) is 22.2. The highest BCUT2D eigenvalue weighted by molar-refractivity contribution is 7.09. The lowest BCUT2D eigenvalue weighted by Gasteiger charge is -2.32. The first-order chi connectivity index (χ1) is 14.9. The Morgan fingerprint density at radius 3 is 2.45 bits per heavy atom. The third kappa shape index (κ3) is 7.06. The van der Waals surface area contributed by atoms with Gasteiger partial charge in [-0.05, 0) is 56.4 Å². The zero-order valence-corrected chi connectivity index (χ0v) is 19.5. The second-order valence-corrected chi connectivity index (χ2v) is 9.32. The molecular formula is C24H33N3O3S. The van der Waals surface area contributed by atoms with Crippen LogP contribution in [0.3, 0.4) is 0 Å². The number of aromatic nitrogens is 1. The lowest BCUT2D eigenvalue weighted by molar-refractivity contribution is -0.122. The molecule has 3 rings (SSSR count). The van der Waals surface area contributed by atoms with Crippen molar-refractivity contribution in [1.82, 2.24) is 15.6 Å². The summed E-state index contributed by atoms with van der Waals surface area (Å²) in [6.07, 6.45) is 6.33. The van der Waals surface area contributed by atoms with Crippen LogP contribution in [0.2, 0.25) is 0 Å². The van der Waals surface area contributed by atoms with E-state index in [9.17, 15) is 9.59 Å². The number of carbonyl (C=O) groups excluding carboxylic acids is 2. The third-order valence-electron chi connectivity index (χ3n) is 5.53. The maximum atomic E-state index is 12.8. The van der Waals surface area contributed by atoms with E-state index in [0.29, 0.717) is 18.7 Å². The minimum atomic E-state index is -0.186. The number of hydrogen-bond acceptors (Lipinski definition) is 5. The molecule has 2 amide bonds. The van der Waals surface area contributed by atoms with E-state index in [0.717, 1.165) is 60.4 Å². The van der Waals surface area contributed by atoms with Gasteiger partial charge in [0.25, 0.3) is 5.91 Å². The van der Waals surface area contributed by atoms with E-state index in [2.05, 4.69) is 28.6 Å². The predicted molar refractivity (Wildman–Crippen MR) is 124 cm³/mol. The van der Waals surface area contributed by atoms with E-state index in [4.69, 9.17) is 4.74 Å². The normalized spacial score (nSPS) is 18.4. The second kappa shape index (κ2) is 11.3. The van der Waals surface area contributed by atoms with Gasteiger partial charge < -0.3 is 15.4 Å². The van der Waals surface area contributed by atoms with Crippen LogP contribution in [0.1, 0.15) is 78.5 Å². The molecule has 0 spiro atoms. The first-order valence-electron chi connectivity index (χ1n) is 11.2. The molecular weight excluding hydrogens is 410 g/mol. The average molecular weight is 444 g/mol. The molecule has 7 heteroatoms. The number of nitrogens with one attached hydrogen (secondary N) is 2. The zero-order valence-electron chi connectivity index (χ0n) is 18.7. The summed E-state index contributed by atoms with van der Waals surface area (Å²) in [6, 6.07) is 6.03. The Morgan fingerprint density at radius 1 is 1.10 bits per heavy atom. The number of hydrogen-bond donors (Lipinski definition) is 2. The second-order valence-electron chi connectivity index (χ2n) is 8.38. The molecule has 0 bridgehead atoms. The highest BCUT2D eigenvalue weighted by atomic mass is 32.1. The minimum absolute atomic E-state index is 0.00643. The lowest BCUT2D eigenvalue weighted by atomic mass is 9.90. The summed E-state index contributed by atoms with van der Waals surface area (Å²) in [5.41, 5.74) is 2.71. The molecule has 1 saturated carbocycles. The molecule has 0 aliphatic heterocycles. The van der Waals surface area contributed by atoms with Gasteiger partial charge in [-0.25, -0.2) is 4.98 Å². The largest absolute Gasteiger partial charge is 0.486 e. The third-order valence-corrected chi connectivity index (χ3v) is 6.35. The van der Waals surface area contributed by atoms with Gasteiger partial charge in [-0.2, -0.15) is 0 Å². The van der Waals surface area contributed by atoms with E-state index in [1.807, 2.05) is 26.0 Å². The number of rotatable bonds is 9. The number of unbranched alkanes of at least 4 members (excludes halogenated alkanes) is 1. The van der Waals surface area contributed by atoms with Gasteiger partial charge >= 0.3 is 0 Å². The van der Waals surface area contributed by atoms with Crippen molar-refractivity contribution in [3.05, 3.63) is 45.4 Å². The number of thiazole rings is 1. The van der Waals surface area contributed by atoms with Gasteiger partial charge in [0.2, 0.25) is 5.91 Å². The standard InChI is InChI=1S/C24H33N3O3S/c1-4-5-10-22(28)25-19-8-6-7-9-20(19)27-24(29)21-15-31-23(26-21)14-30-18-12-16(2)11-17(3)13-18/h11-13,15,19-20H,4-10,14H2,1-3H3,(H,25,28)(H,27,29)/t19-,20+/m0/s1. The highest BCUT2D eigenvalue weighted by Gasteiger charge is 2.28. The molecule has 1 fully saturated rings. The number of benzene rings is 1. The Hall–Kier alpha value is -2.41. The summed E-state index contributed by atoms with van der Waals surface area (Å²) >= 11 is 1.42. The maximum Gasteiger partial charge on any atom is 0.271 e. The van der Waals surface area contributed by atoms with E-state index >= 15 is 0 Å². The molecule has 2 N–H and O–H groups in total. The first-order valence-corrected chi connectivity index (χ1v) is 12.1. The molecule has 1 aromatic heterocycles. The fraction of sp³-hybridized carbons (Fsp3) is 0.542. The van der Waals surface area contributed by atoms with Crippen LogP contribution in [0.4, 0.5) is 0 Å². The van der Waals surface area contributed by atoms with Crippen LogP contribution >= 0.6 is 11.3 Å². The number of nitrogens with zero attached hydrogens (tertiary/aromatic N) is 1. The molecule has 168 valence electrons. The van der Waals surface area contributed by atoms with Crippen molar-refractivity contribution in [1.29, 1.82) is 0 Å².